The van der Waals surface area contributed by atoms with E-state index in [0.717, 1.165) is 11.8 Å². The summed E-state index contributed by atoms with van der Waals surface area (Å²) in [6.45, 7) is 2.00. The lowest BCUT2D eigenvalue weighted by Crippen LogP contribution is -2.30. The second-order valence-corrected chi connectivity index (χ2v) is 7.60. The van der Waals surface area contributed by atoms with E-state index in [4.69, 9.17) is 4.74 Å². The predicted molar refractivity (Wildman–Crippen MR) is 113 cm³/mol. The zero-order valence-electron chi connectivity index (χ0n) is 16.4. The molecular weight excluding hydrogens is 409 g/mol. The van der Waals surface area contributed by atoms with Gasteiger partial charge in [-0.2, -0.15) is 0 Å². The van der Waals surface area contributed by atoms with Gasteiger partial charge in [0.25, 0.3) is 0 Å². The highest BCUT2D eigenvalue weighted by Gasteiger charge is 2.37. The van der Waals surface area contributed by atoms with Gasteiger partial charge in [-0.25, -0.2) is 14.2 Å². The van der Waals surface area contributed by atoms with Crippen LogP contribution < -0.4 is 5.32 Å². The van der Waals surface area contributed by atoms with Crippen LogP contribution in [-0.4, -0.2) is 46.8 Å². The van der Waals surface area contributed by atoms with Gasteiger partial charge in [-0.05, 0) is 49.4 Å². The Bertz CT molecular complexity index is 994. The van der Waals surface area contributed by atoms with Crippen LogP contribution in [-0.2, 0) is 14.3 Å². The van der Waals surface area contributed by atoms with Crippen LogP contribution in [0.5, 0.6) is 0 Å². The van der Waals surface area contributed by atoms with Crippen molar-refractivity contribution < 1.29 is 23.5 Å². The lowest BCUT2D eigenvalue weighted by atomic mass is 10.2. The third-order valence-corrected chi connectivity index (χ3v) is 5.45. The first-order valence-electron chi connectivity index (χ1n) is 9.23. The van der Waals surface area contributed by atoms with E-state index in [2.05, 4.69) is 10.3 Å². The lowest BCUT2D eigenvalue weighted by Gasteiger charge is -2.09. The number of ether oxygens (including phenoxy) is 1. The molecule has 1 fully saturated rings. The number of hydrogen-bond donors (Lipinski definition) is 1. The summed E-state index contributed by atoms with van der Waals surface area (Å²) in [6, 6.07) is 12.1. The molecule has 1 heterocycles. The summed E-state index contributed by atoms with van der Waals surface area (Å²) < 4.78 is 18.3. The summed E-state index contributed by atoms with van der Waals surface area (Å²) in [5.74, 6) is -1.44. The molecular formula is C21H20FN3O4S. The van der Waals surface area contributed by atoms with Crippen LogP contribution in [0.1, 0.15) is 23.7 Å². The Hall–Kier alpha value is -3.20. The van der Waals surface area contributed by atoms with Crippen LogP contribution >= 0.6 is 11.8 Å². The average Bonchev–Trinajstić information content (AvgIpc) is 2.96. The first-order chi connectivity index (χ1) is 14.4. The summed E-state index contributed by atoms with van der Waals surface area (Å²) in [4.78, 5) is 42.2. The molecule has 1 aliphatic rings. The van der Waals surface area contributed by atoms with Crippen LogP contribution in [0.25, 0.3) is 0 Å². The van der Waals surface area contributed by atoms with E-state index >= 15 is 0 Å². The van der Waals surface area contributed by atoms with Crippen molar-refractivity contribution in [2.75, 3.05) is 19.0 Å². The Morgan fingerprint density at radius 2 is 1.97 bits per heavy atom. The summed E-state index contributed by atoms with van der Waals surface area (Å²) in [5, 5.41) is 2.49. The lowest BCUT2D eigenvalue weighted by molar-refractivity contribution is -0.127. The van der Waals surface area contributed by atoms with E-state index in [1.54, 1.807) is 44.3 Å². The number of anilines is 1. The first-order valence-corrected chi connectivity index (χ1v) is 10.1. The van der Waals surface area contributed by atoms with Gasteiger partial charge in [0, 0.05) is 19.2 Å². The maximum absolute atomic E-state index is 13.3. The number of aliphatic imine (C=N–C) groups is 1. The van der Waals surface area contributed by atoms with Gasteiger partial charge in [-0.15, -0.1) is 0 Å². The highest BCUT2D eigenvalue weighted by atomic mass is 32.2. The van der Waals surface area contributed by atoms with Gasteiger partial charge < -0.3 is 10.1 Å². The van der Waals surface area contributed by atoms with Crippen LogP contribution in [0.2, 0.25) is 0 Å². The van der Waals surface area contributed by atoms with Gasteiger partial charge in [0.2, 0.25) is 11.8 Å². The minimum absolute atomic E-state index is 0.0460. The van der Waals surface area contributed by atoms with Crippen molar-refractivity contribution in [2.24, 2.45) is 4.99 Å². The normalized spacial score (nSPS) is 17.3. The van der Waals surface area contributed by atoms with Crippen LogP contribution in [0.3, 0.4) is 0 Å². The molecule has 2 aromatic carbocycles. The second kappa shape index (κ2) is 9.53. The van der Waals surface area contributed by atoms with Gasteiger partial charge in [0.05, 0.1) is 17.9 Å². The molecule has 0 saturated carbocycles. The number of hydrogen-bond acceptors (Lipinski definition) is 6. The standard InChI is InChI=1S/C21H20FN3O4S/c1-3-29-20(28)13-7-9-15(10-8-13)23-18(26)12-17-19(27)25(2)21(30-17)24-16-6-4-5-14(22)11-16/h4-11,17H,3,12H2,1-2H3,(H,23,26). The smallest absolute Gasteiger partial charge is 0.338 e. The van der Waals surface area contributed by atoms with E-state index in [1.165, 1.54) is 23.1 Å². The molecule has 30 heavy (non-hydrogen) atoms. The van der Waals surface area contributed by atoms with Crippen molar-refractivity contribution in [3.05, 3.63) is 59.9 Å². The fourth-order valence-electron chi connectivity index (χ4n) is 2.74. The van der Waals surface area contributed by atoms with Gasteiger partial charge in [-0.3, -0.25) is 14.5 Å². The van der Waals surface area contributed by atoms with Crippen LogP contribution in [0.15, 0.2) is 53.5 Å². The third-order valence-electron chi connectivity index (χ3n) is 4.22. The fraction of sp³-hybridized carbons (Fsp3) is 0.238. The van der Waals surface area contributed by atoms with Crippen molar-refractivity contribution >= 4 is 46.1 Å². The molecule has 9 heteroatoms. The Morgan fingerprint density at radius 3 is 2.63 bits per heavy atom. The quantitative estimate of drug-likeness (QED) is 0.709. The number of rotatable bonds is 6. The Labute approximate surface area is 177 Å². The summed E-state index contributed by atoms with van der Waals surface area (Å²) in [6.07, 6.45) is -0.0460. The zero-order chi connectivity index (χ0) is 21.7. The molecule has 156 valence electrons. The van der Waals surface area contributed by atoms with E-state index in [1.807, 2.05) is 0 Å². The molecule has 2 amide bonds. The van der Waals surface area contributed by atoms with Gasteiger partial charge in [0.1, 0.15) is 11.1 Å². The minimum atomic E-state index is -0.624. The number of carbonyl (C=O) groups is 3. The molecule has 0 aliphatic carbocycles. The number of carbonyl (C=O) groups excluding carboxylic acids is 3. The predicted octanol–water partition coefficient (Wildman–Crippen LogP) is 3.59. The van der Waals surface area contributed by atoms with Crippen LogP contribution in [0, 0.1) is 5.82 Å². The van der Waals surface area contributed by atoms with Crippen molar-refractivity contribution in [1.29, 1.82) is 0 Å². The van der Waals surface area contributed by atoms with Gasteiger partial charge >= 0.3 is 5.97 Å². The van der Waals surface area contributed by atoms with E-state index in [0.29, 0.717) is 22.1 Å². The summed E-state index contributed by atoms with van der Waals surface area (Å²) in [7, 11) is 1.57. The second-order valence-electron chi connectivity index (χ2n) is 6.43. The molecule has 2 aromatic rings. The van der Waals surface area contributed by atoms with Crippen LogP contribution in [0.4, 0.5) is 15.8 Å². The number of benzene rings is 2. The van der Waals surface area contributed by atoms with Crippen molar-refractivity contribution in [2.45, 2.75) is 18.6 Å². The number of halogens is 1. The maximum Gasteiger partial charge on any atom is 0.338 e. The molecule has 1 aliphatic heterocycles. The van der Waals surface area contributed by atoms with E-state index in [9.17, 15) is 18.8 Å². The SMILES string of the molecule is CCOC(=O)c1ccc(NC(=O)CC2SC(=Nc3cccc(F)c3)N(C)C2=O)cc1. The van der Waals surface area contributed by atoms with Gasteiger partial charge in [-0.1, -0.05) is 17.8 Å². The first kappa shape index (κ1) is 21.5. The molecule has 0 bridgehead atoms. The minimum Gasteiger partial charge on any atom is -0.462 e. The van der Waals surface area contributed by atoms with E-state index in [-0.39, 0.29) is 24.8 Å². The Kier molecular flexibility index (Phi) is 6.83. The number of amidine groups is 1. The van der Waals surface area contributed by atoms with Crippen molar-refractivity contribution in [1.82, 2.24) is 4.90 Å². The highest BCUT2D eigenvalue weighted by Crippen LogP contribution is 2.31. The van der Waals surface area contributed by atoms with E-state index < -0.39 is 17.0 Å². The Balaban J connectivity index is 1.61. The summed E-state index contributed by atoms with van der Waals surface area (Å²) >= 11 is 1.16. The molecule has 1 atom stereocenters. The summed E-state index contributed by atoms with van der Waals surface area (Å²) in [5.41, 5.74) is 1.28. The average molecular weight is 429 g/mol. The highest BCUT2D eigenvalue weighted by molar-refractivity contribution is 8.15. The van der Waals surface area contributed by atoms with Crippen molar-refractivity contribution in [3.8, 4) is 0 Å². The zero-order valence-corrected chi connectivity index (χ0v) is 17.2. The molecule has 1 unspecified atom stereocenters. The Morgan fingerprint density at radius 1 is 1.23 bits per heavy atom. The maximum atomic E-state index is 13.3. The molecule has 0 radical (unpaired) electrons. The number of thioether (sulfide) groups is 1. The molecule has 0 aromatic heterocycles. The monoisotopic (exact) mass is 429 g/mol. The topological polar surface area (TPSA) is 88.1 Å². The third kappa shape index (κ3) is 5.24. The molecule has 7 nitrogen and oxygen atoms in total. The number of amides is 2. The molecule has 1 N–H and O–H groups in total. The molecule has 3 rings (SSSR count). The largest absolute Gasteiger partial charge is 0.462 e. The fourth-order valence-corrected chi connectivity index (χ4v) is 3.89. The molecule has 1 saturated heterocycles. The number of esters is 1. The van der Waals surface area contributed by atoms with Crippen molar-refractivity contribution in [3.63, 3.8) is 0 Å². The molecule has 0 spiro atoms. The van der Waals surface area contributed by atoms with Gasteiger partial charge in [0.15, 0.2) is 5.17 Å². The number of nitrogens with one attached hydrogen (secondary N) is 1. The number of nitrogens with zero attached hydrogens (tertiary/aromatic N) is 2.